The first-order chi connectivity index (χ1) is 14.4. The highest BCUT2D eigenvalue weighted by Crippen LogP contribution is 2.27. The van der Waals surface area contributed by atoms with Gasteiger partial charge in [-0.05, 0) is 25.3 Å². The zero-order valence-electron chi connectivity index (χ0n) is 17.4. The molecule has 30 heavy (non-hydrogen) atoms. The first-order valence-corrected chi connectivity index (χ1v) is 10.5. The minimum Gasteiger partial charge on any atom is -0.390 e. The summed E-state index contributed by atoms with van der Waals surface area (Å²) in [5, 5.41) is 15.6. The molecule has 9 heteroatoms. The second-order valence-electron chi connectivity index (χ2n) is 7.40. The summed E-state index contributed by atoms with van der Waals surface area (Å²) in [4.78, 5) is 31.6. The van der Waals surface area contributed by atoms with E-state index in [4.69, 9.17) is 12.2 Å². The van der Waals surface area contributed by atoms with Crippen molar-refractivity contribution in [3.63, 3.8) is 0 Å². The first kappa shape index (κ1) is 21.9. The molecule has 1 aliphatic heterocycles. The van der Waals surface area contributed by atoms with Gasteiger partial charge >= 0.3 is 0 Å². The smallest absolute Gasteiger partial charge is 0.276 e. The van der Waals surface area contributed by atoms with E-state index in [2.05, 4.69) is 15.2 Å². The number of likely N-dealkylation sites (tertiary alicyclic amines) is 1. The zero-order valence-corrected chi connectivity index (χ0v) is 18.2. The van der Waals surface area contributed by atoms with Gasteiger partial charge in [-0.25, -0.2) is 4.98 Å². The van der Waals surface area contributed by atoms with E-state index < -0.39 is 11.6 Å². The monoisotopic (exact) mass is 429 g/mol. The van der Waals surface area contributed by atoms with Crippen molar-refractivity contribution < 1.29 is 9.90 Å². The number of H-pyrrole nitrogens is 2. The number of fused-ring (bicyclic) bond motifs is 1. The highest BCUT2D eigenvalue weighted by molar-refractivity contribution is 7.71. The maximum absolute atomic E-state index is 13.5. The van der Waals surface area contributed by atoms with E-state index in [-0.39, 0.29) is 21.5 Å². The van der Waals surface area contributed by atoms with Crippen LogP contribution in [0.5, 0.6) is 0 Å². The van der Waals surface area contributed by atoms with Gasteiger partial charge in [0.2, 0.25) is 5.91 Å². The molecular formula is C21H27N5O3S. The summed E-state index contributed by atoms with van der Waals surface area (Å²) in [7, 11) is 0. The molecule has 160 valence electrons. The van der Waals surface area contributed by atoms with Crippen LogP contribution in [0.15, 0.2) is 41.5 Å². The van der Waals surface area contributed by atoms with Gasteiger partial charge in [0.15, 0.2) is 5.65 Å². The Morgan fingerprint density at radius 3 is 2.47 bits per heavy atom. The van der Waals surface area contributed by atoms with Crippen molar-refractivity contribution in [3.05, 3.63) is 57.2 Å². The summed E-state index contributed by atoms with van der Waals surface area (Å²) in [5.74, 6) is -0.133. The topological polar surface area (TPSA) is 107 Å². The van der Waals surface area contributed by atoms with Crippen LogP contribution in [0.3, 0.4) is 0 Å². The molecular weight excluding hydrogens is 402 g/mol. The third-order valence-electron chi connectivity index (χ3n) is 5.30. The number of amides is 1. The Morgan fingerprint density at radius 1 is 1.20 bits per heavy atom. The number of hydrogen-bond donors (Lipinski definition) is 3. The summed E-state index contributed by atoms with van der Waals surface area (Å²) in [6, 6.07) is 8.57. The molecule has 1 atom stereocenters. The molecule has 1 aliphatic rings. The zero-order chi connectivity index (χ0) is 21.9. The fraction of sp³-hybridized carbons (Fsp3) is 0.429. The summed E-state index contributed by atoms with van der Waals surface area (Å²) in [6.45, 7) is 6.71. The highest BCUT2D eigenvalue weighted by atomic mass is 32.1. The van der Waals surface area contributed by atoms with E-state index in [1.165, 1.54) is 6.33 Å². The van der Waals surface area contributed by atoms with Crippen LogP contribution in [0.1, 0.15) is 45.2 Å². The minimum absolute atomic E-state index is 0.133. The number of aliphatic hydroxyl groups is 1. The molecule has 1 aromatic carbocycles. The Labute approximate surface area is 179 Å². The predicted octanol–water partition coefficient (Wildman–Crippen LogP) is 2.77. The maximum atomic E-state index is 13.5. The van der Waals surface area contributed by atoms with E-state index in [0.717, 1.165) is 5.56 Å². The van der Waals surface area contributed by atoms with Crippen LogP contribution in [0.4, 0.5) is 0 Å². The van der Waals surface area contributed by atoms with Crippen LogP contribution >= 0.6 is 12.2 Å². The van der Waals surface area contributed by atoms with E-state index in [1.54, 1.807) is 16.4 Å². The van der Waals surface area contributed by atoms with E-state index in [9.17, 15) is 14.7 Å². The van der Waals surface area contributed by atoms with Crippen molar-refractivity contribution in [2.75, 3.05) is 13.1 Å². The maximum Gasteiger partial charge on any atom is 0.276 e. The number of nitrogens with zero attached hydrogens (tertiary/aromatic N) is 3. The van der Waals surface area contributed by atoms with Gasteiger partial charge in [-0.3, -0.25) is 19.8 Å². The average molecular weight is 430 g/mol. The minimum atomic E-state index is -0.756. The van der Waals surface area contributed by atoms with Crippen LogP contribution in [0, 0.1) is 4.64 Å². The lowest BCUT2D eigenvalue weighted by Gasteiger charge is -2.37. The number of aromatic amines is 2. The Kier molecular flexibility index (Phi) is 6.52. The lowest BCUT2D eigenvalue weighted by Crippen LogP contribution is -2.47. The van der Waals surface area contributed by atoms with Gasteiger partial charge in [0.05, 0.1) is 11.9 Å². The Bertz CT molecular complexity index is 1120. The largest absolute Gasteiger partial charge is 0.390 e. The number of carbonyl (C=O) groups is 1. The first-order valence-electron chi connectivity index (χ1n) is 10.1. The molecule has 0 bridgehead atoms. The van der Waals surface area contributed by atoms with Crippen molar-refractivity contribution in [3.8, 4) is 0 Å². The molecule has 1 unspecified atom stereocenters. The van der Waals surface area contributed by atoms with Gasteiger partial charge in [-0.15, -0.1) is 0 Å². The molecule has 2 aromatic heterocycles. The molecule has 4 rings (SSSR count). The third kappa shape index (κ3) is 4.22. The number of hydrogen-bond acceptors (Lipinski definition) is 5. The highest BCUT2D eigenvalue weighted by Gasteiger charge is 2.34. The predicted molar refractivity (Wildman–Crippen MR) is 118 cm³/mol. The Hall–Kier alpha value is -2.78. The molecule has 3 heterocycles. The standard InChI is InChI=1S/C19H21N5O3S.C2H6/c1-19(27)7-9-23(10-8-19)17(26)14(12-5-3-2-4-6-12)24-11-20-15-13(18(24)28)16(25)22-21-15;1-2/h2-6,11,14,27H,7-10H2,1H3,(H2,21,22,25);1-2H3. The van der Waals surface area contributed by atoms with Gasteiger partial charge in [-0.2, -0.15) is 0 Å². The number of piperidine rings is 1. The van der Waals surface area contributed by atoms with Crippen molar-refractivity contribution >= 4 is 29.2 Å². The van der Waals surface area contributed by atoms with Gasteiger partial charge in [0, 0.05) is 13.1 Å². The van der Waals surface area contributed by atoms with Crippen LogP contribution in [-0.4, -0.2) is 54.4 Å². The number of aromatic nitrogens is 4. The van der Waals surface area contributed by atoms with E-state index in [0.29, 0.717) is 31.6 Å². The van der Waals surface area contributed by atoms with Crippen molar-refractivity contribution in [1.29, 1.82) is 0 Å². The van der Waals surface area contributed by atoms with Crippen molar-refractivity contribution in [1.82, 2.24) is 24.6 Å². The molecule has 0 aliphatic carbocycles. The van der Waals surface area contributed by atoms with Gasteiger partial charge in [0.1, 0.15) is 16.1 Å². The lowest BCUT2D eigenvalue weighted by atomic mass is 9.93. The van der Waals surface area contributed by atoms with Crippen LogP contribution in [0.2, 0.25) is 0 Å². The van der Waals surface area contributed by atoms with Gasteiger partial charge in [0.25, 0.3) is 5.56 Å². The fourth-order valence-corrected chi connectivity index (χ4v) is 3.91. The molecule has 1 amide bonds. The quantitative estimate of drug-likeness (QED) is 0.555. The number of nitrogens with one attached hydrogen (secondary N) is 2. The van der Waals surface area contributed by atoms with Gasteiger partial charge in [-0.1, -0.05) is 56.4 Å². The Balaban J connectivity index is 0.00000124. The summed E-state index contributed by atoms with van der Waals surface area (Å²) >= 11 is 5.54. The molecule has 0 spiro atoms. The molecule has 1 saturated heterocycles. The molecule has 0 radical (unpaired) electrons. The molecule has 0 saturated carbocycles. The van der Waals surface area contributed by atoms with Crippen molar-refractivity contribution in [2.24, 2.45) is 0 Å². The second kappa shape index (κ2) is 8.93. The number of carbonyl (C=O) groups excluding carboxylic acids is 1. The number of benzene rings is 1. The molecule has 8 nitrogen and oxygen atoms in total. The van der Waals surface area contributed by atoms with Crippen LogP contribution in [-0.2, 0) is 4.79 Å². The second-order valence-corrected chi connectivity index (χ2v) is 7.78. The van der Waals surface area contributed by atoms with Crippen LogP contribution in [0.25, 0.3) is 11.0 Å². The van der Waals surface area contributed by atoms with Crippen LogP contribution < -0.4 is 5.56 Å². The van der Waals surface area contributed by atoms with Gasteiger partial charge < -0.3 is 14.6 Å². The normalized spacial score (nSPS) is 16.6. The Morgan fingerprint density at radius 2 is 1.83 bits per heavy atom. The summed E-state index contributed by atoms with van der Waals surface area (Å²) < 4.78 is 1.82. The number of rotatable bonds is 3. The lowest BCUT2D eigenvalue weighted by molar-refractivity contribution is -0.137. The van der Waals surface area contributed by atoms with Crippen molar-refractivity contribution in [2.45, 2.75) is 45.3 Å². The molecule has 3 aromatic rings. The molecule has 3 N–H and O–H groups in total. The SMILES string of the molecule is CC.CC1(O)CCN(C(=O)C(c2ccccc2)n2cnc3[nH][nH]c(=O)c3c2=S)CC1. The molecule has 1 fully saturated rings. The third-order valence-corrected chi connectivity index (χ3v) is 5.71. The summed E-state index contributed by atoms with van der Waals surface area (Å²) in [5.41, 5.74) is -0.00229. The van der Waals surface area contributed by atoms with E-state index >= 15 is 0 Å². The van der Waals surface area contributed by atoms with E-state index in [1.807, 2.05) is 44.2 Å². The fourth-order valence-electron chi connectivity index (χ4n) is 3.57. The average Bonchev–Trinajstić information content (AvgIpc) is 3.13. The summed E-state index contributed by atoms with van der Waals surface area (Å²) in [6.07, 6.45) is 2.52.